The molecule has 6 atom stereocenters. The van der Waals surface area contributed by atoms with Gasteiger partial charge in [-0.2, -0.15) is 0 Å². The van der Waals surface area contributed by atoms with Gasteiger partial charge in [0.1, 0.15) is 37.4 Å². The van der Waals surface area contributed by atoms with E-state index in [4.69, 9.17) is 14.2 Å². The van der Waals surface area contributed by atoms with Crippen molar-refractivity contribution < 1.29 is 43.3 Å². The molecule has 0 aliphatic carbocycles. The second-order valence-electron chi connectivity index (χ2n) is 10.6. The number of alkyl carbamates (subject to hydrolysis) is 1. The SMILES string of the molecule is C=CCOC(=O)NC(C)=NCCNC(=O)[C@@H]1C[C@H](SC2=C(C(=O)OCC=C)N3C(=O)C([C@@H](C)O)C3[C@H]2C)CN1C(=O)OCC=C. The van der Waals surface area contributed by atoms with Crippen LogP contribution in [0, 0.1) is 11.8 Å². The maximum atomic E-state index is 13.3. The number of fused-ring (bicyclic) bond motifs is 1. The lowest BCUT2D eigenvalue weighted by Gasteiger charge is -2.46. The third kappa shape index (κ3) is 8.34. The number of aliphatic imine (C=N–C) groups is 1. The molecule has 246 valence electrons. The Morgan fingerprint density at radius 2 is 1.76 bits per heavy atom. The number of carbonyl (C=O) groups is 5. The molecule has 45 heavy (non-hydrogen) atoms. The minimum atomic E-state index is -0.902. The van der Waals surface area contributed by atoms with Crippen LogP contribution < -0.4 is 10.6 Å². The van der Waals surface area contributed by atoms with Crippen LogP contribution in [-0.2, 0) is 28.6 Å². The van der Waals surface area contributed by atoms with Gasteiger partial charge in [0, 0.05) is 29.2 Å². The molecule has 3 heterocycles. The van der Waals surface area contributed by atoms with E-state index in [2.05, 4.69) is 35.4 Å². The Labute approximate surface area is 266 Å². The highest BCUT2D eigenvalue weighted by Gasteiger charge is 2.60. The molecule has 0 aromatic heterocycles. The first-order valence-corrected chi connectivity index (χ1v) is 15.4. The zero-order chi connectivity index (χ0) is 33.3. The van der Waals surface area contributed by atoms with Gasteiger partial charge in [0.2, 0.25) is 11.8 Å². The zero-order valence-corrected chi connectivity index (χ0v) is 26.5. The summed E-state index contributed by atoms with van der Waals surface area (Å²) in [5.41, 5.74) is 0.116. The van der Waals surface area contributed by atoms with Crippen molar-refractivity contribution in [3.05, 3.63) is 48.6 Å². The molecule has 0 aromatic carbocycles. The number of esters is 1. The van der Waals surface area contributed by atoms with E-state index in [1.807, 2.05) is 6.92 Å². The van der Waals surface area contributed by atoms with E-state index in [1.54, 1.807) is 13.8 Å². The Balaban J connectivity index is 1.74. The summed E-state index contributed by atoms with van der Waals surface area (Å²) >= 11 is 1.31. The first-order valence-electron chi connectivity index (χ1n) is 14.5. The van der Waals surface area contributed by atoms with Crippen molar-refractivity contribution in [1.29, 1.82) is 0 Å². The molecule has 0 bridgehead atoms. The summed E-state index contributed by atoms with van der Waals surface area (Å²) < 4.78 is 15.4. The number of aliphatic hydroxyl groups is 1. The molecule has 2 unspecified atom stereocenters. The smallest absolute Gasteiger partial charge is 0.412 e. The molecule has 0 aromatic rings. The number of amides is 4. The Hall–Kier alpha value is -4.11. The third-order valence-corrected chi connectivity index (χ3v) is 8.92. The molecule has 4 amide bonds. The van der Waals surface area contributed by atoms with Crippen LogP contribution in [0.15, 0.2) is 53.6 Å². The number of β-lactam (4-membered cyclic amide) rings is 1. The summed E-state index contributed by atoms with van der Waals surface area (Å²) in [4.78, 5) is 71.4. The van der Waals surface area contributed by atoms with Crippen molar-refractivity contribution in [3.63, 3.8) is 0 Å². The van der Waals surface area contributed by atoms with Crippen LogP contribution in [-0.4, -0.2) is 114 Å². The largest absolute Gasteiger partial charge is 0.457 e. The monoisotopic (exact) mass is 647 g/mol. The normalized spacial score (nSPS) is 24.7. The number of amidine groups is 1. The van der Waals surface area contributed by atoms with Crippen molar-refractivity contribution in [2.24, 2.45) is 16.8 Å². The first-order chi connectivity index (χ1) is 21.5. The molecule has 15 heteroatoms. The quantitative estimate of drug-likeness (QED) is 0.0479. The summed E-state index contributed by atoms with van der Waals surface area (Å²) in [6, 6.07) is -1.29. The van der Waals surface area contributed by atoms with E-state index < -0.39 is 48.2 Å². The highest BCUT2D eigenvalue weighted by molar-refractivity contribution is 8.03. The molecule has 3 aliphatic heterocycles. The summed E-state index contributed by atoms with van der Waals surface area (Å²) in [5.74, 6) is -2.12. The molecule has 3 N–H and O–H groups in total. The van der Waals surface area contributed by atoms with Crippen LogP contribution >= 0.6 is 11.8 Å². The highest BCUT2D eigenvalue weighted by Crippen LogP contribution is 2.52. The van der Waals surface area contributed by atoms with Crippen molar-refractivity contribution in [1.82, 2.24) is 20.4 Å². The second kappa shape index (κ2) is 16.3. The van der Waals surface area contributed by atoms with Gasteiger partial charge >= 0.3 is 18.2 Å². The standard InChI is InChI=1S/C30H41N5O9S/c1-7-12-42-28(39)24-25(17(4)23-22(18(5)36)27(38)35(23)24)45-20-15-21(34(16-20)30(41)44-14-9-3)26(37)32-11-10-31-19(6)33-29(40)43-13-8-2/h7-9,17-18,20-23,36H,1-3,10-16H2,4-6H3,(H,32,37)(H,31,33,40)/t17-,18-,20+,21+,22?,23?/m1/s1. The van der Waals surface area contributed by atoms with Crippen LogP contribution in [0.4, 0.5) is 9.59 Å². The molecule has 2 fully saturated rings. The maximum Gasteiger partial charge on any atom is 0.412 e. The molecule has 14 nitrogen and oxygen atoms in total. The van der Waals surface area contributed by atoms with Crippen LogP contribution in [0.1, 0.15) is 27.2 Å². The van der Waals surface area contributed by atoms with Crippen LogP contribution in [0.3, 0.4) is 0 Å². The van der Waals surface area contributed by atoms with Gasteiger partial charge < -0.3 is 29.5 Å². The number of likely N-dealkylation sites (tertiary alicyclic amines) is 1. The van der Waals surface area contributed by atoms with Crippen LogP contribution in [0.25, 0.3) is 0 Å². The van der Waals surface area contributed by atoms with Crippen molar-refractivity contribution in [2.75, 3.05) is 39.5 Å². The second-order valence-corrected chi connectivity index (χ2v) is 12.0. The lowest BCUT2D eigenvalue weighted by atomic mass is 9.79. The molecule has 0 saturated carbocycles. The van der Waals surface area contributed by atoms with E-state index in [9.17, 15) is 29.1 Å². The third-order valence-electron chi connectivity index (χ3n) is 7.43. The summed E-state index contributed by atoms with van der Waals surface area (Å²) in [5, 5.41) is 15.1. The number of rotatable bonds is 14. The van der Waals surface area contributed by atoms with Crippen LogP contribution in [0.2, 0.25) is 0 Å². The molecule has 0 radical (unpaired) electrons. The van der Waals surface area contributed by atoms with Gasteiger partial charge in [-0.05, 0) is 20.3 Å². The van der Waals surface area contributed by atoms with Gasteiger partial charge in [0.15, 0.2) is 0 Å². The summed E-state index contributed by atoms with van der Waals surface area (Å²) in [6.45, 7) is 16.0. The number of nitrogens with one attached hydrogen (secondary N) is 2. The lowest BCUT2D eigenvalue weighted by molar-refractivity contribution is -0.164. The zero-order valence-electron chi connectivity index (χ0n) is 25.7. The van der Waals surface area contributed by atoms with Crippen molar-refractivity contribution in [3.8, 4) is 0 Å². The number of hydrogen-bond acceptors (Lipinski definition) is 11. The van der Waals surface area contributed by atoms with Gasteiger partial charge in [-0.1, -0.05) is 44.9 Å². The number of carbonyl (C=O) groups excluding carboxylic acids is 5. The molecule has 2 saturated heterocycles. The van der Waals surface area contributed by atoms with E-state index in [0.717, 1.165) is 0 Å². The Morgan fingerprint density at radius 3 is 2.40 bits per heavy atom. The fourth-order valence-corrected chi connectivity index (χ4v) is 7.00. The van der Waals surface area contributed by atoms with E-state index >= 15 is 0 Å². The fraction of sp³-hybridized carbons (Fsp3) is 0.533. The van der Waals surface area contributed by atoms with E-state index in [1.165, 1.54) is 39.8 Å². The van der Waals surface area contributed by atoms with Gasteiger partial charge in [0.05, 0.1) is 24.6 Å². The average molecular weight is 648 g/mol. The summed E-state index contributed by atoms with van der Waals surface area (Å²) in [7, 11) is 0. The van der Waals surface area contributed by atoms with Gasteiger partial charge in [-0.3, -0.25) is 24.8 Å². The van der Waals surface area contributed by atoms with Gasteiger partial charge in [-0.15, -0.1) is 11.8 Å². The Morgan fingerprint density at radius 1 is 1.11 bits per heavy atom. The molecule has 3 rings (SSSR count). The highest BCUT2D eigenvalue weighted by atomic mass is 32.2. The number of nitrogens with zero attached hydrogens (tertiary/aromatic N) is 3. The fourth-order valence-electron chi connectivity index (χ4n) is 5.48. The topological polar surface area (TPSA) is 176 Å². The van der Waals surface area contributed by atoms with E-state index in [0.29, 0.717) is 10.7 Å². The average Bonchev–Trinajstić information content (AvgIpc) is 3.53. The predicted molar refractivity (Wildman–Crippen MR) is 167 cm³/mol. The number of ether oxygens (including phenoxy) is 3. The Bertz CT molecular complexity index is 1270. The van der Waals surface area contributed by atoms with Crippen LogP contribution in [0.5, 0.6) is 0 Å². The number of thioether (sulfide) groups is 1. The lowest BCUT2D eigenvalue weighted by Crippen LogP contribution is -2.63. The molecular formula is C30H41N5O9S. The molecule has 0 spiro atoms. The Kier molecular flexibility index (Phi) is 12.8. The predicted octanol–water partition coefficient (Wildman–Crippen LogP) is 1.73. The number of hydrogen-bond donors (Lipinski definition) is 3. The van der Waals surface area contributed by atoms with Gasteiger partial charge in [0.25, 0.3) is 0 Å². The van der Waals surface area contributed by atoms with Gasteiger partial charge in [-0.25, -0.2) is 14.4 Å². The molecule has 3 aliphatic rings. The van der Waals surface area contributed by atoms with Crippen molar-refractivity contribution in [2.45, 2.75) is 50.6 Å². The minimum Gasteiger partial charge on any atom is -0.457 e. The number of aliphatic hydroxyl groups excluding tert-OH is 1. The van der Waals surface area contributed by atoms with Crippen molar-refractivity contribution >= 4 is 47.6 Å². The summed E-state index contributed by atoms with van der Waals surface area (Å²) in [6.07, 6.45) is 2.24. The maximum absolute atomic E-state index is 13.3. The first kappa shape index (κ1) is 35.4. The van der Waals surface area contributed by atoms with E-state index in [-0.39, 0.29) is 68.6 Å². The molecular weight excluding hydrogens is 606 g/mol. The minimum absolute atomic E-state index is 0.0430.